The summed E-state index contributed by atoms with van der Waals surface area (Å²) in [5.41, 5.74) is 2.57. The molecule has 2 heterocycles. The lowest BCUT2D eigenvalue weighted by atomic mass is 9.79. The first-order valence-electron chi connectivity index (χ1n) is 9.11. The quantitative estimate of drug-likeness (QED) is 0.791. The molecule has 0 bridgehead atoms. The molecule has 2 aromatic rings. The van der Waals surface area contributed by atoms with E-state index in [-0.39, 0.29) is 24.4 Å². The predicted octanol–water partition coefficient (Wildman–Crippen LogP) is 1.76. The van der Waals surface area contributed by atoms with E-state index < -0.39 is 0 Å². The molecule has 0 radical (unpaired) electrons. The van der Waals surface area contributed by atoms with Crippen molar-refractivity contribution in [1.29, 1.82) is 0 Å². The van der Waals surface area contributed by atoms with E-state index in [2.05, 4.69) is 47.7 Å². The molecule has 134 valence electrons. The first-order chi connectivity index (χ1) is 12.3. The van der Waals surface area contributed by atoms with Gasteiger partial charge in [-0.3, -0.25) is 0 Å². The van der Waals surface area contributed by atoms with Gasteiger partial charge >= 0.3 is 7.12 Å². The summed E-state index contributed by atoms with van der Waals surface area (Å²) in [6.45, 7) is 8.78. The SMILES string of the molecule is Bc1cccc2c1OCC2Oc1ccc(B2OC(C)(C)C(C)(C)O2)cc1. The van der Waals surface area contributed by atoms with Crippen LogP contribution in [0.3, 0.4) is 0 Å². The Morgan fingerprint density at radius 2 is 1.65 bits per heavy atom. The van der Waals surface area contributed by atoms with E-state index in [4.69, 9.17) is 18.8 Å². The molecule has 26 heavy (non-hydrogen) atoms. The summed E-state index contributed by atoms with van der Waals surface area (Å²) < 4.78 is 24.1. The van der Waals surface area contributed by atoms with Crippen molar-refractivity contribution in [2.45, 2.75) is 45.0 Å². The van der Waals surface area contributed by atoms with Gasteiger partial charge in [0.2, 0.25) is 0 Å². The second-order valence-corrected chi connectivity index (χ2v) is 8.07. The Morgan fingerprint density at radius 1 is 1.00 bits per heavy atom. The maximum atomic E-state index is 6.15. The molecule has 0 spiro atoms. The van der Waals surface area contributed by atoms with Crippen molar-refractivity contribution in [1.82, 2.24) is 0 Å². The van der Waals surface area contributed by atoms with Crippen LogP contribution in [0.1, 0.15) is 39.4 Å². The maximum absolute atomic E-state index is 6.15. The summed E-state index contributed by atoms with van der Waals surface area (Å²) in [4.78, 5) is 0. The average molecular weight is 350 g/mol. The fourth-order valence-corrected chi connectivity index (χ4v) is 3.32. The van der Waals surface area contributed by atoms with Crippen LogP contribution in [0.4, 0.5) is 0 Å². The molecular weight excluding hydrogens is 326 g/mol. The molecule has 1 atom stereocenters. The van der Waals surface area contributed by atoms with Crippen LogP contribution < -0.4 is 20.4 Å². The summed E-state index contributed by atoms with van der Waals surface area (Å²) in [6.07, 6.45) is -0.0763. The van der Waals surface area contributed by atoms with Crippen LogP contribution >= 0.6 is 0 Å². The zero-order valence-electron chi connectivity index (χ0n) is 16.0. The Bertz CT molecular complexity index is 801. The van der Waals surface area contributed by atoms with Gasteiger partial charge in [0.15, 0.2) is 6.10 Å². The summed E-state index contributed by atoms with van der Waals surface area (Å²) in [7, 11) is 1.70. The van der Waals surface area contributed by atoms with Crippen molar-refractivity contribution in [3.8, 4) is 11.5 Å². The molecule has 0 aliphatic carbocycles. The van der Waals surface area contributed by atoms with Crippen LogP contribution in [0.5, 0.6) is 11.5 Å². The normalized spacial score (nSPS) is 22.8. The van der Waals surface area contributed by atoms with Crippen molar-refractivity contribution < 1.29 is 18.8 Å². The third-order valence-corrected chi connectivity index (χ3v) is 5.65. The van der Waals surface area contributed by atoms with Gasteiger partial charge in [0, 0.05) is 5.56 Å². The second-order valence-electron chi connectivity index (χ2n) is 8.07. The van der Waals surface area contributed by atoms with Crippen LogP contribution in [0.2, 0.25) is 0 Å². The van der Waals surface area contributed by atoms with Gasteiger partial charge in [0.1, 0.15) is 26.0 Å². The Balaban J connectivity index is 1.48. The monoisotopic (exact) mass is 350 g/mol. The minimum atomic E-state index is -0.354. The number of hydrogen-bond donors (Lipinski definition) is 0. The first-order valence-corrected chi connectivity index (χ1v) is 9.11. The fraction of sp³-hybridized carbons (Fsp3) is 0.400. The number of hydrogen-bond acceptors (Lipinski definition) is 4. The lowest BCUT2D eigenvalue weighted by Crippen LogP contribution is -2.41. The summed E-state index contributed by atoms with van der Waals surface area (Å²) in [5.74, 6) is 1.76. The molecule has 0 amide bonds. The molecular formula is C20H24B2O4. The van der Waals surface area contributed by atoms with Gasteiger partial charge in [0.25, 0.3) is 0 Å². The third-order valence-electron chi connectivity index (χ3n) is 5.65. The lowest BCUT2D eigenvalue weighted by molar-refractivity contribution is 0.00578. The van der Waals surface area contributed by atoms with Crippen LogP contribution in [-0.4, -0.2) is 32.8 Å². The molecule has 2 aromatic carbocycles. The van der Waals surface area contributed by atoms with Crippen molar-refractivity contribution in [3.63, 3.8) is 0 Å². The van der Waals surface area contributed by atoms with Crippen LogP contribution in [0.25, 0.3) is 0 Å². The molecule has 0 N–H and O–H groups in total. The van der Waals surface area contributed by atoms with Gasteiger partial charge in [-0.2, -0.15) is 0 Å². The molecule has 2 aliphatic rings. The molecule has 1 fully saturated rings. The topological polar surface area (TPSA) is 36.9 Å². The van der Waals surface area contributed by atoms with Gasteiger partial charge in [-0.05, 0) is 50.8 Å². The zero-order valence-corrected chi connectivity index (χ0v) is 16.0. The van der Waals surface area contributed by atoms with Crippen molar-refractivity contribution in [3.05, 3.63) is 48.0 Å². The van der Waals surface area contributed by atoms with Crippen LogP contribution in [0.15, 0.2) is 42.5 Å². The van der Waals surface area contributed by atoms with Gasteiger partial charge < -0.3 is 18.8 Å². The van der Waals surface area contributed by atoms with Gasteiger partial charge in [-0.25, -0.2) is 0 Å². The number of ether oxygens (including phenoxy) is 2. The predicted molar refractivity (Wildman–Crippen MR) is 106 cm³/mol. The van der Waals surface area contributed by atoms with Crippen molar-refractivity contribution in [2.24, 2.45) is 0 Å². The van der Waals surface area contributed by atoms with E-state index in [1.165, 1.54) is 0 Å². The van der Waals surface area contributed by atoms with E-state index >= 15 is 0 Å². The molecule has 1 saturated heterocycles. The van der Waals surface area contributed by atoms with Crippen molar-refractivity contribution in [2.75, 3.05) is 6.61 Å². The molecule has 0 aromatic heterocycles. The number of fused-ring (bicyclic) bond motifs is 1. The molecule has 4 nitrogen and oxygen atoms in total. The van der Waals surface area contributed by atoms with Gasteiger partial charge in [-0.15, -0.1) is 0 Å². The molecule has 2 aliphatic heterocycles. The summed E-state index contributed by atoms with van der Waals surface area (Å²) >= 11 is 0. The Kier molecular flexibility index (Phi) is 4.08. The highest BCUT2D eigenvalue weighted by Gasteiger charge is 2.51. The van der Waals surface area contributed by atoms with Crippen molar-refractivity contribution >= 4 is 25.9 Å². The number of benzene rings is 2. The van der Waals surface area contributed by atoms with E-state index in [1.54, 1.807) is 0 Å². The van der Waals surface area contributed by atoms with E-state index in [9.17, 15) is 0 Å². The Morgan fingerprint density at radius 3 is 2.31 bits per heavy atom. The standard InChI is InChI=1S/C20H24B2O4/c1-19(2)20(3,4)26-22(25-19)13-8-10-14(11-9-13)24-17-12-23-18-15(17)6-5-7-16(18)21/h5-11,17H,12,21H2,1-4H3. The largest absolute Gasteiger partial charge is 0.494 e. The number of para-hydroxylation sites is 1. The zero-order chi connectivity index (χ0) is 18.5. The smallest absolute Gasteiger partial charge is 0.490 e. The molecule has 1 unspecified atom stereocenters. The molecule has 6 heteroatoms. The second kappa shape index (κ2) is 6.07. The highest BCUT2D eigenvalue weighted by Crippen LogP contribution is 2.37. The number of rotatable bonds is 3. The summed E-state index contributed by atoms with van der Waals surface area (Å²) in [6, 6.07) is 14.1. The minimum absolute atomic E-state index is 0.0763. The van der Waals surface area contributed by atoms with E-state index in [1.807, 2.05) is 30.3 Å². The van der Waals surface area contributed by atoms with E-state index in [0.717, 1.165) is 28.0 Å². The van der Waals surface area contributed by atoms with Gasteiger partial charge in [0.05, 0.1) is 11.2 Å². The Labute approximate surface area is 156 Å². The molecule has 4 rings (SSSR count). The first kappa shape index (κ1) is 17.5. The maximum Gasteiger partial charge on any atom is 0.494 e. The highest BCUT2D eigenvalue weighted by molar-refractivity contribution is 6.62. The fourth-order valence-electron chi connectivity index (χ4n) is 3.32. The molecule has 0 saturated carbocycles. The minimum Gasteiger partial charge on any atom is -0.490 e. The average Bonchev–Trinajstić information content (AvgIpc) is 3.08. The Hall–Kier alpha value is -1.91. The van der Waals surface area contributed by atoms with Gasteiger partial charge in [-0.1, -0.05) is 30.3 Å². The lowest BCUT2D eigenvalue weighted by Gasteiger charge is -2.32. The van der Waals surface area contributed by atoms with Crippen LogP contribution in [-0.2, 0) is 9.31 Å². The van der Waals surface area contributed by atoms with E-state index in [0.29, 0.717) is 6.61 Å². The third kappa shape index (κ3) is 2.91. The van der Waals surface area contributed by atoms with Crippen LogP contribution in [0, 0.1) is 0 Å². The highest BCUT2D eigenvalue weighted by atomic mass is 16.7. The summed E-state index contributed by atoms with van der Waals surface area (Å²) in [5, 5.41) is 0.